The van der Waals surface area contributed by atoms with Crippen molar-refractivity contribution in [3.8, 4) is 0 Å². The Kier molecular flexibility index (Phi) is 6.65. The Bertz CT molecular complexity index is 1480. The molecule has 2 aromatic rings. The van der Waals surface area contributed by atoms with Gasteiger partial charge in [0, 0.05) is 24.5 Å². The summed E-state index contributed by atoms with van der Waals surface area (Å²) >= 11 is 0. The Labute approximate surface area is 257 Å². The molecule has 1 saturated carbocycles. The summed E-state index contributed by atoms with van der Waals surface area (Å²) in [5.41, 5.74) is 2.71. The quantitative estimate of drug-likeness (QED) is 0.447. The van der Waals surface area contributed by atoms with Crippen molar-refractivity contribution < 1.29 is 28.7 Å². The van der Waals surface area contributed by atoms with Gasteiger partial charge in [-0.05, 0) is 54.4 Å². The molecule has 0 spiro atoms. The number of rotatable bonds is 7. The molecule has 44 heavy (non-hydrogen) atoms. The number of imide groups is 2. The van der Waals surface area contributed by atoms with Crippen molar-refractivity contribution in [2.75, 3.05) is 26.3 Å². The van der Waals surface area contributed by atoms with Crippen molar-refractivity contribution in [1.29, 1.82) is 0 Å². The van der Waals surface area contributed by atoms with E-state index in [1.807, 2.05) is 67.6 Å². The number of benzene rings is 2. The van der Waals surface area contributed by atoms with E-state index in [1.165, 1.54) is 9.80 Å². The van der Waals surface area contributed by atoms with Gasteiger partial charge in [0.2, 0.25) is 23.6 Å². The highest BCUT2D eigenvalue weighted by atomic mass is 16.5. The molecule has 5 fully saturated rings. The fraction of sp³-hybridized carbons (Fsp3) is 0.500. The summed E-state index contributed by atoms with van der Waals surface area (Å²) in [6, 6.07) is 19.9. The molecule has 4 saturated heterocycles. The Morgan fingerprint density at radius 3 is 1.57 bits per heavy atom. The molecule has 4 heterocycles. The first kappa shape index (κ1) is 27.9. The van der Waals surface area contributed by atoms with Crippen LogP contribution < -0.4 is 0 Å². The van der Waals surface area contributed by atoms with Gasteiger partial charge in [0.25, 0.3) is 0 Å². The number of amides is 4. The van der Waals surface area contributed by atoms with E-state index in [4.69, 9.17) is 9.47 Å². The topological polar surface area (TPSA) is 93.2 Å². The average molecular weight is 595 g/mol. The van der Waals surface area contributed by atoms with Crippen LogP contribution in [0.2, 0.25) is 0 Å². The van der Waals surface area contributed by atoms with Crippen molar-refractivity contribution in [2.45, 2.75) is 51.2 Å². The Balaban J connectivity index is 1.36. The number of hydrogen-bond donors (Lipinski definition) is 0. The van der Waals surface area contributed by atoms with Crippen molar-refractivity contribution in [2.24, 2.45) is 35.0 Å². The molecule has 228 valence electrons. The average Bonchev–Trinajstić information content (AvgIpc) is 3.86. The van der Waals surface area contributed by atoms with E-state index in [0.717, 1.165) is 48.0 Å². The Hall–Kier alpha value is -3.62. The van der Waals surface area contributed by atoms with Gasteiger partial charge in [-0.2, -0.15) is 0 Å². The largest absolute Gasteiger partial charge is 0.376 e. The van der Waals surface area contributed by atoms with Crippen molar-refractivity contribution in [3.63, 3.8) is 0 Å². The fourth-order valence-corrected chi connectivity index (χ4v) is 9.76. The van der Waals surface area contributed by atoms with Gasteiger partial charge < -0.3 is 9.47 Å². The molecule has 8 heteroatoms. The minimum Gasteiger partial charge on any atom is -0.376 e. The van der Waals surface area contributed by atoms with Gasteiger partial charge >= 0.3 is 0 Å². The molecule has 0 radical (unpaired) electrons. The Morgan fingerprint density at radius 1 is 0.659 bits per heavy atom. The number of carbonyl (C=O) groups is 4. The van der Waals surface area contributed by atoms with Crippen LogP contribution in [0.15, 0.2) is 60.7 Å². The summed E-state index contributed by atoms with van der Waals surface area (Å²) in [5, 5.41) is 0. The first-order valence-electron chi connectivity index (χ1n) is 16.3. The summed E-state index contributed by atoms with van der Waals surface area (Å²) in [6.07, 6.45) is 3.50. The molecule has 0 aromatic heterocycles. The third kappa shape index (κ3) is 3.76. The zero-order valence-electron chi connectivity index (χ0n) is 25.0. The van der Waals surface area contributed by atoms with Crippen LogP contribution >= 0.6 is 0 Å². The molecule has 9 rings (SSSR count). The van der Waals surface area contributed by atoms with Crippen LogP contribution in [0, 0.1) is 35.0 Å². The summed E-state index contributed by atoms with van der Waals surface area (Å²) < 4.78 is 11.7. The van der Waals surface area contributed by atoms with Crippen molar-refractivity contribution >= 4 is 34.8 Å². The number of hydrogen-bond acceptors (Lipinski definition) is 6. The minimum atomic E-state index is -1.04. The third-order valence-corrected chi connectivity index (χ3v) is 11.4. The zero-order valence-corrected chi connectivity index (χ0v) is 25.0. The number of ether oxygens (including phenoxy) is 2. The second-order valence-corrected chi connectivity index (χ2v) is 13.3. The van der Waals surface area contributed by atoms with Gasteiger partial charge in [-0.15, -0.1) is 0 Å². The maximum Gasteiger partial charge on any atom is 0.234 e. The van der Waals surface area contributed by atoms with E-state index >= 15 is 0 Å². The van der Waals surface area contributed by atoms with Crippen molar-refractivity contribution in [1.82, 2.24) is 9.80 Å². The lowest BCUT2D eigenvalue weighted by Gasteiger charge is -2.59. The highest BCUT2D eigenvalue weighted by Crippen LogP contribution is 2.73. The van der Waals surface area contributed by atoms with Crippen LogP contribution in [-0.2, 0) is 28.7 Å². The molecular formula is C36H38N2O6. The maximum atomic E-state index is 14.6. The van der Waals surface area contributed by atoms with E-state index in [-0.39, 0.29) is 48.9 Å². The lowest BCUT2D eigenvalue weighted by atomic mass is 9.40. The van der Waals surface area contributed by atoms with Gasteiger partial charge in [-0.3, -0.25) is 29.0 Å². The molecule has 8 atom stereocenters. The first-order chi connectivity index (χ1) is 21.5. The molecule has 4 amide bonds. The lowest BCUT2D eigenvalue weighted by molar-refractivity contribution is -0.146. The van der Waals surface area contributed by atoms with Gasteiger partial charge in [-0.1, -0.05) is 67.6 Å². The van der Waals surface area contributed by atoms with E-state index < -0.39 is 35.0 Å². The van der Waals surface area contributed by atoms with Crippen LogP contribution in [0.3, 0.4) is 0 Å². The summed E-state index contributed by atoms with van der Waals surface area (Å²) in [5.74, 6) is -4.39. The number of likely N-dealkylation sites (tertiary alicyclic amines) is 2. The highest BCUT2D eigenvalue weighted by molar-refractivity contribution is 6.17. The number of allylic oxidation sites excluding steroid dienone is 2. The first-order valence-corrected chi connectivity index (χ1v) is 16.3. The monoisotopic (exact) mass is 594 g/mol. The van der Waals surface area contributed by atoms with E-state index in [9.17, 15) is 19.2 Å². The highest BCUT2D eigenvalue weighted by Gasteiger charge is 2.77. The van der Waals surface area contributed by atoms with Crippen LogP contribution in [0.1, 0.15) is 50.2 Å². The molecule has 0 N–H and O–H groups in total. The lowest BCUT2D eigenvalue weighted by Crippen LogP contribution is -2.60. The standard InChI is InChI=1S/C36H38N2O6/c1-2-36-29(22-13-7-4-8-14-22)25(21-11-5-3-6-12-21)26(27-30(36)34(41)37(32(27)39)19-23-15-9-17-43-23)28-31(36)35(42)38(33(28)40)20-24-16-10-18-44-24/h3-8,11-14,23-24,26-28,30-31H,2,9-10,15-20H2,1H3/t23-,24+,26?,27-,28-,30+,31+,36?/m0/s1. The molecule has 2 aromatic carbocycles. The van der Waals surface area contributed by atoms with Gasteiger partial charge in [0.1, 0.15) is 0 Å². The van der Waals surface area contributed by atoms with Crippen LogP contribution in [0.4, 0.5) is 0 Å². The van der Waals surface area contributed by atoms with Crippen LogP contribution in [0.5, 0.6) is 0 Å². The molecule has 7 aliphatic rings. The molecular weight excluding hydrogens is 556 g/mol. The van der Waals surface area contributed by atoms with Gasteiger partial charge in [0.15, 0.2) is 0 Å². The predicted molar refractivity (Wildman–Crippen MR) is 161 cm³/mol. The number of nitrogens with zero attached hydrogens (tertiary/aromatic N) is 2. The second-order valence-electron chi connectivity index (χ2n) is 13.3. The smallest absolute Gasteiger partial charge is 0.234 e. The molecule has 4 aliphatic heterocycles. The third-order valence-electron chi connectivity index (χ3n) is 11.4. The van der Waals surface area contributed by atoms with Gasteiger partial charge in [-0.25, -0.2) is 0 Å². The SMILES string of the molecule is CCC12C(c3ccccc3)=C(c3ccccc3)C([C@@H]3C(=O)N(C[C@H]4CCCO4)C(=O)[C@@H]31)[C@@H]1C(=O)N(C[C@@H]3CCCO3)C(=O)[C@@H]12. The zero-order chi connectivity index (χ0) is 30.2. The van der Waals surface area contributed by atoms with Crippen molar-refractivity contribution in [3.05, 3.63) is 71.8 Å². The summed E-state index contributed by atoms with van der Waals surface area (Å²) in [4.78, 5) is 61.2. The fourth-order valence-electron chi connectivity index (χ4n) is 9.76. The maximum absolute atomic E-state index is 14.6. The molecule has 8 nitrogen and oxygen atoms in total. The second kappa shape index (κ2) is 10.5. The molecule has 2 unspecified atom stereocenters. The summed E-state index contributed by atoms with van der Waals surface area (Å²) in [7, 11) is 0. The predicted octanol–water partition coefficient (Wildman–Crippen LogP) is 4.20. The number of carbonyl (C=O) groups excluding carboxylic acids is 4. The normalized spacial score (nSPS) is 36.2. The van der Waals surface area contributed by atoms with E-state index in [1.54, 1.807) is 0 Å². The van der Waals surface area contributed by atoms with E-state index in [2.05, 4.69) is 0 Å². The summed E-state index contributed by atoms with van der Waals surface area (Å²) in [6.45, 7) is 3.72. The minimum absolute atomic E-state index is 0.182. The van der Waals surface area contributed by atoms with Crippen LogP contribution in [0.25, 0.3) is 11.1 Å². The van der Waals surface area contributed by atoms with Crippen LogP contribution in [-0.4, -0.2) is 71.9 Å². The van der Waals surface area contributed by atoms with E-state index in [0.29, 0.717) is 19.6 Å². The van der Waals surface area contributed by atoms with Gasteiger partial charge in [0.05, 0.1) is 49.0 Å². The molecule has 3 aliphatic carbocycles. The Morgan fingerprint density at radius 2 is 1.14 bits per heavy atom. The molecule has 2 bridgehead atoms.